The van der Waals surface area contributed by atoms with E-state index in [9.17, 15) is 0 Å². The van der Waals surface area contributed by atoms with Crippen LogP contribution in [-0.4, -0.2) is 30.8 Å². The first-order valence-corrected chi connectivity index (χ1v) is 8.61. The van der Waals surface area contributed by atoms with Crippen LogP contribution in [0.4, 0.5) is 0 Å². The summed E-state index contributed by atoms with van der Waals surface area (Å²) in [4.78, 5) is 4.80. The van der Waals surface area contributed by atoms with Gasteiger partial charge in [-0.3, -0.25) is 0 Å². The van der Waals surface area contributed by atoms with E-state index in [4.69, 9.17) is 9.72 Å². The zero-order valence-electron chi connectivity index (χ0n) is 13.7. The molecular formula is C16H30N2OS. The van der Waals surface area contributed by atoms with Crippen molar-refractivity contribution in [3.05, 3.63) is 16.1 Å². The molecule has 0 aliphatic rings. The maximum Gasteiger partial charge on any atom is 0.0944 e. The van der Waals surface area contributed by atoms with E-state index in [1.807, 2.05) is 6.92 Å². The number of thiazole rings is 1. The monoisotopic (exact) mass is 298 g/mol. The number of nitrogens with one attached hydrogen (secondary N) is 1. The lowest BCUT2D eigenvalue weighted by molar-refractivity contribution is 0.141. The fourth-order valence-electron chi connectivity index (χ4n) is 2.10. The standard InChI is InChI=1S/C16H30N2OS/c1-6-17-13(9-8-10-19-7-2)11-15-18-14(12-20-15)16(3,4)5/h12-13,17H,6-11H2,1-5H3. The molecule has 1 heterocycles. The highest BCUT2D eigenvalue weighted by atomic mass is 32.1. The van der Waals surface area contributed by atoms with Crippen LogP contribution in [-0.2, 0) is 16.6 Å². The molecule has 1 atom stereocenters. The zero-order chi connectivity index (χ0) is 15.0. The number of hydrogen-bond acceptors (Lipinski definition) is 4. The van der Waals surface area contributed by atoms with Crippen molar-refractivity contribution in [3.63, 3.8) is 0 Å². The molecule has 0 saturated carbocycles. The number of aromatic nitrogens is 1. The van der Waals surface area contributed by atoms with E-state index in [0.29, 0.717) is 6.04 Å². The number of ether oxygens (including phenoxy) is 1. The van der Waals surface area contributed by atoms with Crippen LogP contribution < -0.4 is 5.32 Å². The smallest absolute Gasteiger partial charge is 0.0944 e. The van der Waals surface area contributed by atoms with Gasteiger partial charge in [0.05, 0.1) is 10.7 Å². The van der Waals surface area contributed by atoms with Gasteiger partial charge >= 0.3 is 0 Å². The van der Waals surface area contributed by atoms with Crippen LogP contribution in [0.25, 0.3) is 0 Å². The normalized spacial score (nSPS) is 13.7. The van der Waals surface area contributed by atoms with Crippen molar-refractivity contribution in [2.75, 3.05) is 19.8 Å². The first-order chi connectivity index (χ1) is 9.47. The third-order valence-corrected chi connectivity index (χ3v) is 4.15. The number of likely N-dealkylation sites (N-methyl/N-ethyl adjacent to an activating group) is 1. The number of rotatable bonds is 9. The third kappa shape index (κ3) is 6.33. The molecule has 4 heteroatoms. The predicted molar refractivity (Wildman–Crippen MR) is 87.7 cm³/mol. The molecule has 0 radical (unpaired) electrons. The van der Waals surface area contributed by atoms with Crippen LogP contribution in [0.5, 0.6) is 0 Å². The Balaban J connectivity index is 2.50. The minimum absolute atomic E-state index is 0.150. The second-order valence-corrected chi connectivity index (χ2v) is 7.12. The SMILES string of the molecule is CCNC(CCCOCC)Cc1nc(C(C)(C)C)cs1. The maximum absolute atomic E-state index is 5.42. The molecule has 0 fully saturated rings. The summed E-state index contributed by atoms with van der Waals surface area (Å²) < 4.78 is 5.42. The van der Waals surface area contributed by atoms with E-state index in [-0.39, 0.29) is 5.41 Å². The fraction of sp³-hybridized carbons (Fsp3) is 0.812. The molecule has 0 aliphatic heterocycles. The van der Waals surface area contributed by atoms with Crippen molar-refractivity contribution in [3.8, 4) is 0 Å². The van der Waals surface area contributed by atoms with Crippen LogP contribution in [0.1, 0.15) is 58.2 Å². The molecule has 0 spiro atoms. The summed E-state index contributed by atoms with van der Waals surface area (Å²) in [5, 5.41) is 7.02. The van der Waals surface area contributed by atoms with E-state index < -0.39 is 0 Å². The minimum Gasteiger partial charge on any atom is -0.382 e. The topological polar surface area (TPSA) is 34.1 Å². The third-order valence-electron chi connectivity index (χ3n) is 3.28. The molecule has 1 unspecified atom stereocenters. The van der Waals surface area contributed by atoms with Gasteiger partial charge in [0.1, 0.15) is 0 Å². The summed E-state index contributed by atoms with van der Waals surface area (Å²) in [5.41, 5.74) is 1.36. The van der Waals surface area contributed by atoms with Gasteiger partial charge < -0.3 is 10.1 Å². The Labute approximate surface area is 128 Å². The lowest BCUT2D eigenvalue weighted by Crippen LogP contribution is -2.31. The van der Waals surface area contributed by atoms with E-state index >= 15 is 0 Å². The first-order valence-electron chi connectivity index (χ1n) is 7.73. The zero-order valence-corrected chi connectivity index (χ0v) is 14.5. The highest BCUT2D eigenvalue weighted by Gasteiger charge is 2.18. The molecule has 0 amide bonds. The summed E-state index contributed by atoms with van der Waals surface area (Å²) >= 11 is 1.79. The van der Waals surface area contributed by atoms with Gasteiger partial charge in [-0.05, 0) is 26.3 Å². The van der Waals surface area contributed by atoms with Crippen LogP contribution in [0.2, 0.25) is 0 Å². The van der Waals surface area contributed by atoms with E-state index in [1.54, 1.807) is 11.3 Å². The average Bonchev–Trinajstić information content (AvgIpc) is 2.83. The molecule has 1 rings (SSSR count). The Hall–Kier alpha value is -0.450. The minimum atomic E-state index is 0.150. The van der Waals surface area contributed by atoms with Gasteiger partial charge in [0.15, 0.2) is 0 Å². The molecule has 0 aliphatic carbocycles. The van der Waals surface area contributed by atoms with Gasteiger partial charge in [-0.1, -0.05) is 27.7 Å². The van der Waals surface area contributed by atoms with E-state index in [2.05, 4.69) is 38.4 Å². The van der Waals surface area contributed by atoms with Gasteiger partial charge in [0, 0.05) is 36.5 Å². The molecule has 0 bridgehead atoms. The van der Waals surface area contributed by atoms with Crippen molar-refractivity contribution >= 4 is 11.3 Å². The lowest BCUT2D eigenvalue weighted by Gasteiger charge is -2.17. The highest BCUT2D eigenvalue weighted by molar-refractivity contribution is 7.09. The maximum atomic E-state index is 5.42. The van der Waals surface area contributed by atoms with Gasteiger partial charge in [-0.15, -0.1) is 11.3 Å². The Bertz CT molecular complexity index is 371. The Kier molecular flexibility index (Phi) is 7.70. The van der Waals surface area contributed by atoms with Crippen LogP contribution in [0.3, 0.4) is 0 Å². The summed E-state index contributed by atoms with van der Waals surface area (Å²) in [6.45, 7) is 13.6. The predicted octanol–water partition coefficient (Wildman–Crippen LogP) is 3.78. The average molecular weight is 298 g/mol. The summed E-state index contributed by atoms with van der Waals surface area (Å²) in [7, 11) is 0. The highest BCUT2D eigenvalue weighted by Crippen LogP contribution is 2.24. The molecule has 20 heavy (non-hydrogen) atoms. The van der Waals surface area contributed by atoms with Crippen molar-refractivity contribution in [2.24, 2.45) is 0 Å². The van der Waals surface area contributed by atoms with Crippen LogP contribution in [0.15, 0.2) is 5.38 Å². The molecular weight excluding hydrogens is 268 g/mol. The fourth-order valence-corrected chi connectivity index (χ4v) is 3.20. The molecule has 116 valence electrons. The van der Waals surface area contributed by atoms with Gasteiger partial charge in [0.2, 0.25) is 0 Å². The molecule has 0 aromatic carbocycles. The van der Waals surface area contributed by atoms with Crippen molar-refractivity contribution in [1.29, 1.82) is 0 Å². The number of hydrogen-bond donors (Lipinski definition) is 1. The van der Waals surface area contributed by atoms with E-state index in [1.165, 1.54) is 10.7 Å². The molecule has 0 saturated heterocycles. The van der Waals surface area contributed by atoms with Gasteiger partial charge in [0.25, 0.3) is 0 Å². The quantitative estimate of drug-likeness (QED) is 0.705. The second-order valence-electron chi connectivity index (χ2n) is 6.17. The molecule has 3 nitrogen and oxygen atoms in total. The summed E-state index contributed by atoms with van der Waals surface area (Å²) in [6, 6.07) is 0.513. The molecule has 1 aromatic rings. The van der Waals surface area contributed by atoms with Crippen molar-refractivity contribution < 1.29 is 4.74 Å². The largest absolute Gasteiger partial charge is 0.382 e. The van der Waals surface area contributed by atoms with Crippen LogP contribution >= 0.6 is 11.3 Å². The Morgan fingerprint density at radius 2 is 2.10 bits per heavy atom. The van der Waals surface area contributed by atoms with E-state index in [0.717, 1.165) is 39.0 Å². The number of nitrogens with zero attached hydrogens (tertiary/aromatic N) is 1. The first kappa shape index (κ1) is 17.6. The van der Waals surface area contributed by atoms with Crippen molar-refractivity contribution in [2.45, 2.75) is 65.3 Å². The van der Waals surface area contributed by atoms with Crippen LogP contribution in [0, 0.1) is 0 Å². The molecule has 1 aromatic heterocycles. The Morgan fingerprint density at radius 1 is 1.35 bits per heavy atom. The van der Waals surface area contributed by atoms with Gasteiger partial charge in [-0.25, -0.2) is 4.98 Å². The Morgan fingerprint density at radius 3 is 2.65 bits per heavy atom. The second kappa shape index (κ2) is 8.75. The summed E-state index contributed by atoms with van der Waals surface area (Å²) in [5.74, 6) is 0. The summed E-state index contributed by atoms with van der Waals surface area (Å²) in [6.07, 6.45) is 3.29. The lowest BCUT2D eigenvalue weighted by atomic mass is 9.93. The van der Waals surface area contributed by atoms with Gasteiger partial charge in [-0.2, -0.15) is 0 Å². The van der Waals surface area contributed by atoms with Crippen molar-refractivity contribution in [1.82, 2.24) is 10.3 Å². The molecule has 1 N–H and O–H groups in total.